The highest BCUT2D eigenvalue weighted by atomic mass is 32.2. The van der Waals surface area contributed by atoms with Crippen LogP contribution in [0, 0.1) is 6.92 Å². The van der Waals surface area contributed by atoms with Gasteiger partial charge in [-0.15, -0.1) is 0 Å². The van der Waals surface area contributed by atoms with Gasteiger partial charge in [0.1, 0.15) is 0 Å². The van der Waals surface area contributed by atoms with Gasteiger partial charge in [0.15, 0.2) is 0 Å². The molecule has 1 amide bonds. The van der Waals surface area contributed by atoms with Gasteiger partial charge in [0, 0.05) is 25.6 Å². The number of hydrogen-bond acceptors (Lipinski definition) is 5. The van der Waals surface area contributed by atoms with Crippen LogP contribution in [0.25, 0.3) is 5.69 Å². The molecule has 0 radical (unpaired) electrons. The van der Waals surface area contributed by atoms with E-state index in [1.54, 1.807) is 6.20 Å². The van der Waals surface area contributed by atoms with Crippen molar-refractivity contribution in [2.75, 3.05) is 25.4 Å². The Morgan fingerprint density at radius 1 is 1.19 bits per heavy atom. The SMILES string of the molecule is Cc1ccccc1-n1ncc(C(=O)NCCS(=O)(=O)N2C[C@H](C)O[C@@H](C)C2)c1C1CC1. The van der Waals surface area contributed by atoms with E-state index in [4.69, 9.17) is 4.74 Å². The van der Waals surface area contributed by atoms with E-state index < -0.39 is 10.0 Å². The summed E-state index contributed by atoms with van der Waals surface area (Å²) in [6.07, 6.45) is 3.37. The highest BCUT2D eigenvalue weighted by molar-refractivity contribution is 7.89. The number of para-hydroxylation sites is 1. The van der Waals surface area contributed by atoms with Crippen molar-refractivity contribution in [2.45, 2.75) is 51.7 Å². The third kappa shape index (κ3) is 4.83. The average molecular weight is 447 g/mol. The van der Waals surface area contributed by atoms with E-state index in [1.165, 1.54) is 4.31 Å². The first-order chi connectivity index (χ1) is 14.8. The highest BCUT2D eigenvalue weighted by Crippen LogP contribution is 2.42. The summed E-state index contributed by atoms with van der Waals surface area (Å²) in [6.45, 7) is 6.49. The van der Waals surface area contributed by atoms with Gasteiger partial charge in [-0.05, 0) is 45.2 Å². The summed E-state index contributed by atoms with van der Waals surface area (Å²) in [6, 6.07) is 7.94. The van der Waals surface area contributed by atoms with Gasteiger partial charge in [-0.1, -0.05) is 18.2 Å². The molecule has 1 aromatic heterocycles. The Kier molecular flexibility index (Phi) is 6.18. The molecule has 8 nitrogen and oxygen atoms in total. The number of morpholine rings is 1. The summed E-state index contributed by atoms with van der Waals surface area (Å²) in [5, 5.41) is 7.28. The molecule has 2 aromatic rings. The molecule has 1 aliphatic carbocycles. The Balaban J connectivity index is 1.44. The highest BCUT2D eigenvalue weighted by Gasteiger charge is 2.34. The molecule has 1 saturated carbocycles. The molecule has 0 spiro atoms. The molecule has 2 atom stereocenters. The van der Waals surface area contributed by atoms with Crippen molar-refractivity contribution in [2.24, 2.45) is 0 Å². The van der Waals surface area contributed by atoms with Gasteiger partial charge >= 0.3 is 0 Å². The van der Waals surface area contributed by atoms with Crippen molar-refractivity contribution in [3.05, 3.63) is 47.3 Å². The minimum Gasteiger partial charge on any atom is -0.373 e. The molecule has 2 fully saturated rings. The summed E-state index contributed by atoms with van der Waals surface area (Å²) >= 11 is 0. The molecule has 9 heteroatoms. The van der Waals surface area contributed by atoms with Crippen molar-refractivity contribution >= 4 is 15.9 Å². The number of rotatable bonds is 7. The van der Waals surface area contributed by atoms with Crippen LogP contribution in [0.5, 0.6) is 0 Å². The Bertz CT molecular complexity index is 1050. The molecule has 4 rings (SSSR count). The zero-order valence-electron chi connectivity index (χ0n) is 18.2. The van der Waals surface area contributed by atoms with E-state index in [9.17, 15) is 13.2 Å². The van der Waals surface area contributed by atoms with E-state index in [0.717, 1.165) is 29.8 Å². The molecule has 1 N–H and O–H groups in total. The van der Waals surface area contributed by atoms with E-state index >= 15 is 0 Å². The second-order valence-electron chi connectivity index (χ2n) is 8.56. The van der Waals surface area contributed by atoms with Gasteiger partial charge in [0.2, 0.25) is 10.0 Å². The average Bonchev–Trinajstić information content (AvgIpc) is 3.45. The number of hydrogen-bond donors (Lipinski definition) is 1. The third-order valence-corrected chi connectivity index (χ3v) is 7.59. The van der Waals surface area contributed by atoms with Gasteiger partial charge in [0.05, 0.1) is 41.1 Å². The smallest absolute Gasteiger partial charge is 0.254 e. The lowest BCUT2D eigenvalue weighted by molar-refractivity contribution is -0.0440. The van der Waals surface area contributed by atoms with Gasteiger partial charge in [0.25, 0.3) is 5.91 Å². The maximum atomic E-state index is 12.9. The van der Waals surface area contributed by atoms with E-state index in [1.807, 2.05) is 49.7 Å². The van der Waals surface area contributed by atoms with E-state index in [2.05, 4.69) is 10.4 Å². The predicted molar refractivity (Wildman–Crippen MR) is 118 cm³/mol. The van der Waals surface area contributed by atoms with Crippen molar-refractivity contribution < 1.29 is 17.9 Å². The Morgan fingerprint density at radius 2 is 1.87 bits per heavy atom. The second kappa shape index (κ2) is 8.72. The van der Waals surface area contributed by atoms with Crippen LogP contribution in [0.2, 0.25) is 0 Å². The number of nitrogens with one attached hydrogen (secondary N) is 1. The molecule has 168 valence electrons. The fourth-order valence-electron chi connectivity index (χ4n) is 4.15. The van der Waals surface area contributed by atoms with E-state index in [-0.39, 0.29) is 30.4 Å². The molecule has 1 aliphatic heterocycles. The number of carbonyl (C=O) groups excluding carboxylic acids is 1. The van der Waals surface area contributed by atoms with Crippen LogP contribution in [0.1, 0.15) is 54.2 Å². The fourth-order valence-corrected chi connectivity index (χ4v) is 5.64. The van der Waals surface area contributed by atoms with Gasteiger partial charge < -0.3 is 10.1 Å². The number of aromatic nitrogens is 2. The fraction of sp³-hybridized carbons (Fsp3) is 0.545. The molecular weight excluding hydrogens is 416 g/mol. The van der Waals surface area contributed by atoms with Crippen molar-refractivity contribution in [1.82, 2.24) is 19.4 Å². The van der Waals surface area contributed by atoms with Crippen LogP contribution < -0.4 is 5.32 Å². The molecular formula is C22H30N4O4S. The Hall–Kier alpha value is -2.23. The van der Waals surface area contributed by atoms with Crippen LogP contribution in [-0.4, -0.2) is 66.0 Å². The van der Waals surface area contributed by atoms with Crippen molar-refractivity contribution in [1.29, 1.82) is 0 Å². The lowest BCUT2D eigenvalue weighted by Crippen LogP contribution is -2.49. The van der Waals surface area contributed by atoms with Gasteiger partial charge in [-0.25, -0.2) is 13.1 Å². The normalized spacial score (nSPS) is 22.4. The van der Waals surface area contributed by atoms with Crippen LogP contribution in [0.4, 0.5) is 0 Å². The summed E-state index contributed by atoms with van der Waals surface area (Å²) in [5.74, 6) is -0.105. The molecule has 1 aromatic carbocycles. The number of sulfonamides is 1. The first kappa shape index (κ1) is 22.0. The van der Waals surface area contributed by atoms with Gasteiger partial charge in [-0.2, -0.15) is 9.40 Å². The first-order valence-corrected chi connectivity index (χ1v) is 12.4. The zero-order valence-corrected chi connectivity index (χ0v) is 19.1. The summed E-state index contributed by atoms with van der Waals surface area (Å²) in [4.78, 5) is 12.9. The van der Waals surface area contributed by atoms with Crippen LogP contribution in [0.3, 0.4) is 0 Å². The molecule has 2 aliphatic rings. The standard InChI is InChI=1S/C22H30N4O4S/c1-15-6-4-5-7-20(15)26-21(18-8-9-18)19(12-24-26)22(27)23-10-11-31(28,29)25-13-16(2)30-17(3)14-25/h4-7,12,16-18H,8-11,13-14H2,1-3H3,(H,23,27)/t16-,17-/m0/s1. The minimum atomic E-state index is -3.47. The number of amides is 1. The van der Waals surface area contributed by atoms with Crippen molar-refractivity contribution in [3.63, 3.8) is 0 Å². The zero-order chi connectivity index (χ0) is 22.2. The van der Waals surface area contributed by atoms with Crippen LogP contribution in [0.15, 0.2) is 30.5 Å². The second-order valence-corrected chi connectivity index (χ2v) is 10.7. The summed E-state index contributed by atoms with van der Waals surface area (Å²) in [7, 11) is -3.47. The number of benzene rings is 1. The quantitative estimate of drug-likeness (QED) is 0.704. The maximum Gasteiger partial charge on any atom is 0.254 e. The van der Waals surface area contributed by atoms with Gasteiger partial charge in [-0.3, -0.25) is 4.79 Å². The van der Waals surface area contributed by atoms with Crippen LogP contribution >= 0.6 is 0 Å². The monoisotopic (exact) mass is 446 g/mol. The van der Waals surface area contributed by atoms with Crippen molar-refractivity contribution in [3.8, 4) is 5.69 Å². The number of carbonyl (C=O) groups is 1. The largest absolute Gasteiger partial charge is 0.373 e. The maximum absolute atomic E-state index is 12.9. The molecule has 0 bridgehead atoms. The lowest BCUT2D eigenvalue weighted by Gasteiger charge is -2.34. The number of nitrogens with zero attached hydrogens (tertiary/aromatic N) is 3. The van der Waals surface area contributed by atoms with Crippen LogP contribution in [-0.2, 0) is 14.8 Å². The topological polar surface area (TPSA) is 93.5 Å². The lowest BCUT2D eigenvalue weighted by atomic mass is 10.1. The minimum absolute atomic E-state index is 0.0565. The molecule has 0 unspecified atom stereocenters. The molecule has 2 heterocycles. The summed E-state index contributed by atoms with van der Waals surface area (Å²) in [5.41, 5.74) is 3.48. The predicted octanol–water partition coefficient (Wildman–Crippen LogP) is 2.23. The first-order valence-electron chi connectivity index (χ1n) is 10.8. The Morgan fingerprint density at radius 3 is 2.52 bits per heavy atom. The molecule has 31 heavy (non-hydrogen) atoms. The number of aryl methyl sites for hydroxylation is 1. The third-order valence-electron chi connectivity index (χ3n) is 5.78. The Labute approximate surface area is 183 Å². The van der Waals surface area contributed by atoms with E-state index in [0.29, 0.717) is 24.6 Å². The molecule has 1 saturated heterocycles. The summed E-state index contributed by atoms with van der Waals surface area (Å²) < 4.78 is 34.4. The number of ether oxygens (including phenoxy) is 1.